The fraction of sp³-hybridized carbons (Fsp3) is 0. The van der Waals surface area contributed by atoms with Crippen molar-refractivity contribution in [3.8, 4) is 11.3 Å². The molecule has 0 aliphatic heterocycles. The zero-order valence-corrected chi connectivity index (χ0v) is 10.8. The van der Waals surface area contributed by atoms with Crippen LogP contribution in [0.3, 0.4) is 0 Å². The van der Waals surface area contributed by atoms with Crippen molar-refractivity contribution in [1.82, 2.24) is 9.97 Å². The fourth-order valence-electron chi connectivity index (χ4n) is 2.47. The molecule has 0 atom stereocenters. The maximum atomic E-state index is 4.69. The number of aromatic nitrogens is 2. The van der Waals surface area contributed by atoms with Crippen LogP contribution in [0.15, 0.2) is 72.9 Å². The van der Waals surface area contributed by atoms with Gasteiger partial charge in [-0.15, -0.1) is 0 Å². The van der Waals surface area contributed by atoms with E-state index in [2.05, 4.69) is 35.3 Å². The number of hydrogen-bond donors (Lipinski definition) is 0. The number of fused-ring (bicyclic) bond motifs is 2. The first-order valence-electron chi connectivity index (χ1n) is 6.61. The Balaban J connectivity index is 1.97. The smallest absolute Gasteiger partial charge is 0.0710 e. The van der Waals surface area contributed by atoms with Crippen LogP contribution in [0.4, 0.5) is 0 Å². The minimum absolute atomic E-state index is 0.988. The molecule has 0 radical (unpaired) electrons. The van der Waals surface area contributed by atoms with E-state index in [4.69, 9.17) is 4.98 Å². The molecule has 4 aromatic rings. The van der Waals surface area contributed by atoms with Gasteiger partial charge in [-0.25, -0.2) is 4.98 Å². The number of para-hydroxylation sites is 1. The summed E-state index contributed by atoms with van der Waals surface area (Å²) in [5.74, 6) is 0. The summed E-state index contributed by atoms with van der Waals surface area (Å²) in [5, 5.41) is 2.31. The van der Waals surface area contributed by atoms with Crippen LogP contribution in [0.2, 0.25) is 0 Å². The summed E-state index contributed by atoms with van der Waals surface area (Å²) in [7, 11) is 0. The third kappa shape index (κ3) is 1.82. The molecule has 0 aliphatic carbocycles. The summed E-state index contributed by atoms with van der Waals surface area (Å²) in [6.07, 6.45) is 1.82. The fourth-order valence-corrected chi connectivity index (χ4v) is 2.47. The van der Waals surface area contributed by atoms with Crippen molar-refractivity contribution >= 4 is 21.8 Å². The van der Waals surface area contributed by atoms with Crippen LogP contribution in [-0.4, -0.2) is 9.97 Å². The maximum absolute atomic E-state index is 4.69. The maximum Gasteiger partial charge on any atom is 0.0710 e. The summed E-state index contributed by atoms with van der Waals surface area (Å²) in [6, 6.07) is 22.6. The number of benzene rings is 2. The molecule has 94 valence electrons. The van der Waals surface area contributed by atoms with Gasteiger partial charge in [-0.2, -0.15) is 0 Å². The molecule has 0 saturated carbocycles. The average Bonchev–Trinajstić information content (AvgIpc) is 2.53. The molecular formula is C18H12N2. The highest BCUT2D eigenvalue weighted by atomic mass is 14.7. The van der Waals surface area contributed by atoms with Crippen LogP contribution in [-0.2, 0) is 0 Å². The van der Waals surface area contributed by atoms with Gasteiger partial charge < -0.3 is 0 Å². The number of nitrogens with zero attached hydrogens (tertiary/aromatic N) is 2. The Labute approximate surface area is 116 Å². The molecule has 2 heteroatoms. The molecule has 0 saturated heterocycles. The lowest BCUT2D eigenvalue weighted by molar-refractivity contribution is 1.33. The first-order chi connectivity index (χ1) is 9.90. The van der Waals surface area contributed by atoms with Gasteiger partial charge in [-0.1, -0.05) is 30.3 Å². The zero-order valence-electron chi connectivity index (χ0n) is 10.8. The van der Waals surface area contributed by atoms with E-state index in [1.54, 1.807) is 0 Å². The Hall–Kier alpha value is -2.74. The first kappa shape index (κ1) is 11.1. The van der Waals surface area contributed by atoms with Crippen molar-refractivity contribution in [1.29, 1.82) is 0 Å². The monoisotopic (exact) mass is 256 g/mol. The molecule has 0 unspecified atom stereocenters. The van der Waals surface area contributed by atoms with Gasteiger partial charge in [0.25, 0.3) is 0 Å². The molecule has 0 amide bonds. The SMILES string of the molecule is c1ccc(-c2ccc3nc4ccccc4cc3c2)nc1. The number of rotatable bonds is 1. The second-order valence-electron chi connectivity index (χ2n) is 4.80. The Morgan fingerprint density at radius 2 is 1.50 bits per heavy atom. The van der Waals surface area contributed by atoms with E-state index in [-0.39, 0.29) is 0 Å². The third-order valence-corrected chi connectivity index (χ3v) is 3.48. The van der Waals surface area contributed by atoms with Gasteiger partial charge in [-0.05, 0) is 36.4 Å². The second kappa shape index (κ2) is 4.42. The van der Waals surface area contributed by atoms with Crippen molar-refractivity contribution in [3.05, 3.63) is 72.9 Å². The quantitative estimate of drug-likeness (QED) is 0.470. The molecule has 2 aromatic carbocycles. The van der Waals surface area contributed by atoms with Gasteiger partial charge in [0.05, 0.1) is 16.7 Å². The molecule has 2 heterocycles. The molecule has 0 spiro atoms. The second-order valence-corrected chi connectivity index (χ2v) is 4.80. The predicted molar refractivity (Wildman–Crippen MR) is 82.5 cm³/mol. The van der Waals surface area contributed by atoms with Crippen LogP contribution < -0.4 is 0 Å². The van der Waals surface area contributed by atoms with E-state index in [1.165, 1.54) is 0 Å². The van der Waals surface area contributed by atoms with Crippen LogP contribution in [0, 0.1) is 0 Å². The van der Waals surface area contributed by atoms with E-state index < -0.39 is 0 Å². The first-order valence-corrected chi connectivity index (χ1v) is 6.61. The summed E-state index contributed by atoms with van der Waals surface area (Å²) in [5.41, 5.74) is 4.16. The number of hydrogen-bond acceptors (Lipinski definition) is 2. The molecule has 2 nitrogen and oxygen atoms in total. The Bertz CT molecular complexity index is 899. The highest BCUT2D eigenvalue weighted by Gasteiger charge is 2.03. The minimum atomic E-state index is 0.988. The molecule has 0 aliphatic rings. The molecule has 0 N–H and O–H groups in total. The molecule has 4 rings (SSSR count). The van der Waals surface area contributed by atoms with Crippen molar-refractivity contribution in [3.63, 3.8) is 0 Å². The molecule has 2 aromatic heterocycles. The van der Waals surface area contributed by atoms with Crippen LogP contribution in [0.5, 0.6) is 0 Å². The standard InChI is InChI=1S/C18H12N2/c1-2-7-17-13(5-1)11-15-12-14(8-9-18(15)20-17)16-6-3-4-10-19-16/h1-12H. The van der Waals surface area contributed by atoms with Crippen molar-refractivity contribution in [2.75, 3.05) is 0 Å². The van der Waals surface area contributed by atoms with E-state index in [1.807, 2.05) is 42.6 Å². The van der Waals surface area contributed by atoms with Crippen molar-refractivity contribution in [2.24, 2.45) is 0 Å². The van der Waals surface area contributed by atoms with Crippen LogP contribution in [0.1, 0.15) is 0 Å². The summed E-state index contributed by atoms with van der Waals surface area (Å²) in [6.45, 7) is 0. The molecular weight excluding hydrogens is 244 g/mol. The topological polar surface area (TPSA) is 25.8 Å². The molecule has 0 fully saturated rings. The van der Waals surface area contributed by atoms with Gasteiger partial charge in [0.1, 0.15) is 0 Å². The highest BCUT2D eigenvalue weighted by molar-refractivity contribution is 5.94. The van der Waals surface area contributed by atoms with Gasteiger partial charge in [0, 0.05) is 22.5 Å². The minimum Gasteiger partial charge on any atom is -0.256 e. The Kier molecular flexibility index (Phi) is 2.46. The van der Waals surface area contributed by atoms with E-state index >= 15 is 0 Å². The lowest BCUT2D eigenvalue weighted by atomic mass is 10.1. The van der Waals surface area contributed by atoms with Crippen LogP contribution in [0.25, 0.3) is 33.1 Å². The van der Waals surface area contributed by atoms with Gasteiger partial charge >= 0.3 is 0 Å². The largest absolute Gasteiger partial charge is 0.256 e. The number of pyridine rings is 2. The average molecular weight is 256 g/mol. The van der Waals surface area contributed by atoms with E-state index in [0.717, 1.165) is 33.1 Å². The molecule has 0 bridgehead atoms. The summed E-state index contributed by atoms with van der Waals surface area (Å²) in [4.78, 5) is 9.09. The lowest BCUT2D eigenvalue weighted by Crippen LogP contribution is -1.85. The predicted octanol–water partition coefficient (Wildman–Crippen LogP) is 4.45. The Morgan fingerprint density at radius 3 is 2.40 bits per heavy atom. The zero-order chi connectivity index (χ0) is 13.4. The van der Waals surface area contributed by atoms with Crippen LogP contribution >= 0.6 is 0 Å². The third-order valence-electron chi connectivity index (χ3n) is 3.48. The summed E-state index contributed by atoms with van der Waals surface area (Å²) < 4.78 is 0. The highest BCUT2D eigenvalue weighted by Crippen LogP contribution is 2.24. The molecule has 20 heavy (non-hydrogen) atoms. The van der Waals surface area contributed by atoms with Gasteiger partial charge in [-0.3, -0.25) is 4.98 Å². The summed E-state index contributed by atoms with van der Waals surface area (Å²) >= 11 is 0. The van der Waals surface area contributed by atoms with Gasteiger partial charge in [0.15, 0.2) is 0 Å². The normalized spacial score (nSPS) is 11.0. The van der Waals surface area contributed by atoms with E-state index in [0.29, 0.717) is 0 Å². The van der Waals surface area contributed by atoms with E-state index in [9.17, 15) is 0 Å². The lowest BCUT2D eigenvalue weighted by Gasteiger charge is -2.04. The van der Waals surface area contributed by atoms with Gasteiger partial charge in [0.2, 0.25) is 0 Å². The Morgan fingerprint density at radius 1 is 0.650 bits per heavy atom. The van der Waals surface area contributed by atoms with Crippen molar-refractivity contribution < 1.29 is 0 Å². The van der Waals surface area contributed by atoms with Crippen molar-refractivity contribution in [2.45, 2.75) is 0 Å².